The van der Waals surface area contributed by atoms with Gasteiger partial charge in [0.25, 0.3) is 15.6 Å². The summed E-state index contributed by atoms with van der Waals surface area (Å²) in [5.41, 5.74) is 0.832. The van der Waals surface area contributed by atoms with Crippen LogP contribution in [-0.4, -0.2) is 24.9 Å². The minimum absolute atomic E-state index is 0.00303. The maximum Gasteiger partial charge on any atom is 0.275 e. The number of amides is 1. The largest absolute Gasteiger partial charge is 0.352 e. The van der Waals surface area contributed by atoms with Crippen molar-refractivity contribution in [2.45, 2.75) is 51.6 Å². The number of nitrogens with one attached hydrogen (secondary N) is 2. The highest BCUT2D eigenvalue weighted by Crippen LogP contribution is 2.14. The van der Waals surface area contributed by atoms with Crippen LogP contribution in [0.1, 0.15) is 31.5 Å². The van der Waals surface area contributed by atoms with E-state index in [4.69, 9.17) is 0 Å². The summed E-state index contributed by atoms with van der Waals surface area (Å²) in [5, 5.41) is 2.79. The molecule has 0 aliphatic carbocycles. The van der Waals surface area contributed by atoms with Gasteiger partial charge in [0, 0.05) is 11.7 Å². The van der Waals surface area contributed by atoms with Crippen LogP contribution >= 0.6 is 0 Å². The van der Waals surface area contributed by atoms with Crippen LogP contribution in [-0.2, 0) is 21.4 Å². The minimum Gasteiger partial charge on any atom is -0.352 e. The standard InChI is InChI=1S/C19H25N3O4S/c1-5-14(3)20-18(23)12-22-15(4)8-11-17(19(22)24)21-27(25,26)16-9-6-13(2)7-10-16/h6-11,14,21H,5,12H2,1-4H3,(H,20,23)/t14-/m0/s1. The topological polar surface area (TPSA) is 97.3 Å². The molecule has 2 aromatic rings. The molecule has 1 amide bonds. The summed E-state index contributed by atoms with van der Waals surface area (Å²) >= 11 is 0. The van der Waals surface area contributed by atoms with E-state index in [1.165, 1.54) is 22.8 Å². The van der Waals surface area contributed by atoms with Crippen LogP contribution in [0.5, 0.6) is 0 Å². The van der Waals surface area contributed by atoms with Crippen molar-refractivity contribution in [3.63, 3.8) is 0 Å². The molecule has 1 heterocycles. The first-order chi connectivity index (χ1) is 12.6. The van der Waals surface area contributed by atoms with Crippen molar-refractivity contribution in [2.75, 3.05) is 4.72 Å². The van der Waals surface area contributed by atoms with E-state index in [2.05, 4.69) is 10.0 Å². The lowest BCUT2D eigenvalue weighted by molar-refractivity contribution is -0.122. The minimum atomic E-state index is -3.90. The van der Waals surface area contributed by atoms with E-state index < -0.39 is 15.6 Å². The SMILES string of the molecule is CC[C@H](C)NC(=O)Cn1c(C)ccc(NS(=O)(=O)c2ccc(C)cc2)c1=O. The van der Waals surface area contributed by atoms with Gasteiger partial charge in [-0.1, -0.05) is 24.6 Å². The first kappa shape index (κ1) is 20.7. The summed E-state index contributed by atoms with van der Waals surface area (Å²) in [4.78, 5) is 24.9. The highest BCUT2D eigenvalue weighted by molar-refractivity contribution is 7.92. The van der Waals surface area contributed by atoms with Gasteiger partial charge in [-0.15, -0.1) is 0 Å². The smallest absolute Gasteiger partial charge is 0.275 e. The third-order valence-electron chi connectivity index (χ3n) is 4.29. The van der Waals surface area contributed by atoms with Crippen molar-refractivity contribution in [1.82, 2.24) is 9.88 Å². The molecule has 0 aliphatic heterocycles. The van der Waals surface area contributed by atoms with Gasteiger partial charge in [-0.3, -0.25) is 14.3 Å². The number of sulfonamides is 1. The lowest BCUT2D eigenvalue weighted by atomic mass is 10.2. The zero-order valence-corrected chi connectivity index (χ0v) is 16.8. The predicted octanol–water partition coefficient (Wildman–Crippen LogP) is 2.18. The fraction of sp³-hybridized carbons (Fsp3) is 0.368. The Morgan fingerprint density at radius 3 is 2.33 bits per heavy atom. The van der Waals surface area contributed by atoms with E-state index in [1.807, 2.05) is 20.8 Å². The Morgan fingerprint density at radius 2 is 1.74 bits per heavy atom. The average molecular weight is 391 g/mol. The molecule has 0 fully saturated rings. The molecule has 146 valence electrons. The number of aryl methyl sites for hydroxylation is 2. The Morgan fingerprint density at radius 1 is 1.11 bits per heavy atom. The fourth-order valence-electron chi connectivity index (χ4n) is 2.43. The molecule has 0 bridgehead atoms. The molecule has 2 N–H and O–H groups in total. The van der Waals surface area contributed by atoms with E-state index in [-0.39, 0.29) is 29.1 Å². The molecule has 0 unspecified atom stereocenters. The Labute approximate surface area is 159 Å². The number of rotatable bonds is 7. The zero-order chi connectivity index (χ0) is 20.2. The summed E-state index contributed by atoms with van der Waals surface area (Å²) in [6, 6.07) is 9.32. The van der Waals surface area contributed by atoms with Gasteiger partial charge >= 0.3 is 0 Å². The van der Waals surface area contributed by atoms with E-state index in [9.17, 15) is 18.0 Å². The van der Waals surface area contributed by atoms with Gasteiger partial charge in [0.15, 0.2) is 0 Å². The first-order valence-electron chi connectivity index (χ1n) is 8.73. The molecule has 0 radical (unpaired) electrons. The van der Waals surface area contributed by atoms with Crippen molar-refractivity contribution in [3.8, 4) is 0 Å². The average Bonchev–Trinajstić information content (AvgIpc) is 2.61. The fourth-order valence-corrected chi connectivity index (χ4v) is 3.49. The molecule has 0 spiro atoms. The summed E-state index contributed by atoms with van der Waals surface area (Å²) in [5.74, 6) is -0.298. The van der Waals surface area contributed by atoms with Gasteiger partial charge < -0.3 is 9.88 Å². The second-order valence-corrected chi connectivity index (χ2v) is 8.26. The lowest BCUT2D eigenvalue weighted by Gasteiger charge is -2.15. The number of hydrogen-bond acceptors (Lipinski definition) is 4. The Balaban J connectivity index is 2.30. The second-order valence-electron chi connectivity index (χ2n) is 6.58. The molecule has 27 heavy (non-hydrogen) atoms. The highest BCUT2D eigenvalue weighted by Gasteiger charge is 2.18. The van der Waals surface area contributed by atoms with Gasteiger partial charge in [0.1, 0.15) is 12.2 Å². The molecule has 2 rings (SSSR count). The van der Waals surface area contributed by atoms with E-state index in [0.717, 1.165) is 12.0 Å². The molecule has 1 aromatic heterocycles. The Hall–Kier alpha value is -2.61. The Kier molecular flexibility index (Phi) is 6.43. The van der Waals surface area contributed by atoms with Crippen LogP contribution in [0, 0.1) is 13.8 Å². The normalized spacial score (nSPS) is 12.4. The third kappa shape index (κ3) is 5.19. The van der Waals surface area contributed by atoms with Gasteiger partial charge in [-0.05, 0) is 51.5 Å². The number of carbonyl (C=O) groups is 1. The molecule has 1 atom stereocenters. The number of benzene rings is 1. The van der Waals surface area contributed by atoms with Crippen molar-refractivity contribution < 1.29 is 13.2 Å². The van der Waals surface area contributed by atoms with Crippen LogP contribution in [0.2, 0.25) is 0 Å². The number of anilines is 1. The first-order valence-corrected chi connectivity index (χ1v) is 10.2. The summed E-state index contributed by atoms with van der Waals surface area (Å²) in [7, 11) is -3.90. The monoisotopic (exact) mass is 391 g/mol. The molecular formula is C19H25N3O4S. The quantitative estimate of drug-likeness (QED) is 0.756. The predicted molar refractivity (Wildman–Crippen MR) is 105 cm³/mol. The number of nitrogens with zero attached hydrogens (tertiary/aromatic N) is 1. The van der Waals surface area contributed by atoms with Crippen molar-refractivity contribution in [1.29, 1.82) is 0 Å². The molecule has 0 saturated carbocycles. The molecule has 0 saturated heterocycles. The summed E-state index contributed by atoms with van der Waals surface area (Å²) in [6.45, 7) is 7.20. The molecule has 0 aliphatic rings. The van der Waals surface area contributed by atoms with Crippen molar-refractivity contribution in [3.05, 3.63) is 58.0 Å². The van der Waals surface area contributed by atoms with Crippen molar-refractivity contribution in [2.24, 2.45) is 0 Å². The number of carbonyl (C=O) groups excluding carboxylic acids is 1. The number of hydrogen-bond donors (Lipinski definition) is 2. The maximum atomic E-state index is 12.7. The van der Waals surface area contributed by atoms with Crippen LogP contribution < -0.4 is 15.6 Å². The summed E-state index contributed by atoms with van der Waals surface area (Å²) < 4.78 is 28.6. The summed E-state index contributed by atoms with van der Waals surface area (Å²) in [6.07, 6.45) is 0.774. The van der Waals surface area contributed by atoms with E-state index >= 15 is 0 Å². The molecular weight excluding hydrogens is 366 g/mol. The van der Waals surface area contributed by atoms with Crippen molar-refractivity contribution >= 4 is 21.6 Å². The van der Waals surface area contributed by atoms with Crippen LogP contribution in [0.15, 0.2) is 46.1 Å². The number of pyridine rings is 1. The van der Waals surface area contributed by atoms with E-state index in [1.54, 1.807) is 25.1 Å². The van der Waals surface area contributed by atoms with Gasteiger partial charge in [0.2, 0.25) is 5.91 Å². The highest BCUT2D eigenvalue weighted by atomic mass is 32.2. The lowest BCUT2D eigenvalue weighted by Crippen LogP contribution is -2.38. The third-order valence-corrected chi connectivity index (χ3v) is 5.67. The van der Waals surface area contributed by atoms with Gasteiger partial charge in [0.05, 0.1) is 4.90 Å². The molecule has 1 aromatic carbocycles. The second kappa shape index (κ2) is 8.39. The van der Waals surface area contributed by atoms with Crippen LogP contribution in [0.3, 0.4) is 0 Å². The molecule has 7 nitrogen and oxygen atoms in total. The number of aromatic nitrogens is 1. The zero-order valence-electron chi connectivity index (χ0n) is 15.9. The molecule has 8 heteroatoms. The Bertz CT molecular complexity index is 979. The van der Waals surface area contributed by atoms with Crippen LogP contribution in [0.4, 0.5) is 5.69 Å². The van der Waals surface area contributed by atoms with Gasteiger partial charge in [-0.25, -0.2) is 8.42 Å². The van der Waals surface area contributed by atoms with Gasteiger partial charge in [-0.2, -0.15) is 0 Å². The van der Waals surface area contributed by atoms with E-state index in [0.29, 0.717) is 5.69 Å². The van der Waals surface area contributed by atoms with Crippen LogP contribution in [0.25, 0.3) is 0 Å². The maximum absolute atomic E-state index is 12.7.